The van der Waals surface area contributed by atoms with E-state index in [-0.39, 0.29) is 11.9 Å². The molecule has 19 heavy (non-hydrogen) atoms. The van der Waals surface area contributed by atoms with Crippen molar-refractivity contribution in [1.82, 2.24) is 10.3 Å². The molecule has 0 aliphatic rings. The predicted octanol–water partition coefficient (Wildman–Crippen LogP) is 2.99. The van der Waals surface area contributed by atoms with Crippen LogP contribution in [0.4, 0.5) is 5.82 Å². The van der Waals surface area contributed by atoms with Crippen molar-refractivity contribution >= 4 is 11.7 Å². The summed E-state index contributed by atoms with van der Waals surface area (Å²) in [7, 11) is 0. The molecule has 0 spiro atoms. The second-order valence-electron chi connectivity index (χ2n) is 4.80. The van der Waals surface area contributed by atoms with Gasteiger partial charge in [0, 0.05) is 23.8 Å². The maximum absolute atomic E-state index is 12.1. The molecule has 2 N–H and O–H groups in total. The summed E-state index contributed by atoms with van der Waals surface area (Å²) in [5.74, 6) is 0.765. The molecule has 1 unspecified atom stereocenters. The Hall–Kier alpha value is -1.58. The van der Waals surface area contributed by atoms with E-state index in [1.54, 1.807) is 0 Å². The van der Waals surface area contributed by atoms with Gasteiger partial charge in [0.1, 0.15) is 5.82 Å². The Morgan fingerprint density at radius 3 is 2.63 bits per heavy atom. The molecule has 0 saturated heterocycles. The van der Waals surface area contributed by atoms with E-state index in [0.717, 1.165) is 37.3 Å². The van der Waals surface area contributed by atoms with Gasteiger partial charge in [0.2, 0.25) is 0 Å². The fourth-order valence-corrected chi connectivity index (χ4v) is 1.65. The number of carbonyl (C=O) groups is 1. The zero-order chi connectivity index (χ0) is 14.3. The first-order chi connectivity index (χ1) is 9.10. The van der Waals surface area contributed by atoms with Crippen molar-refractivity contribution in [2.75, 3.05) is 11.9 Å². The van der Waals surface area contributed by atoms with Crippen LogP contribution in [-0.4, -0.2) is 23.5 Å². The van der Waals surface area contributed by atoms with E-state index in [1.807, 2.05) is 26.0 Å². The van der Waals surface area contributed by atoms with E-state index in [9.17, 15) is 4.79 Å². The molecule has 0 aromatic carbocycles. The minimum absolute atomic E-state index is 0.0222. The van der Waals surface area contributed by atoms with Crippen molar-refractivity contribution in [3.63, 3.8) is 0 Å². The van der Waals surface area contributed by atoms with E-state index in [0.29, 0.717) is 5.56 Å². The van der Waals surface area contributed by atoms with E-state index in [1.165, 1.54) is 0 Å². The summed E-state index contributed by atoms with van der Waals surface area (Å²) in [6.45, 7) is 9.08. The van der Waals surface area contributed by atoms with Gasteiger partial charge in [-0.05, 0) is 38.3 Å². The number of carbonyl (C=O) groups excluding carboxylic acids is 1. The Morgan fingerprint density at radius 1 is 1.32 bits per heavy atom. The van der Waals surface area contributed by atoms with Gasteiger partial charge in [-0.1, -0.05) is 20.8 Å². The van der Waals surface area contributed by atoms with Crippen LogP contribution in [0.25, 0.3) is 0 Å². The number of hydrogen-bond acceptors (Lipinski definition) is 3. The second-order valence-corrected chi connectivity index (χ2v) is 4.80. The van der Waals surface area contributed by atoms with E-state index >= 15 is 0 Å². The van der Waals surface area contributed by atoms with Crippen LogP contribution in [0.15, 0.2) is 12.1 Å². The van der Waals surface area contributed by atoms with Gasteiger partial charge in [-0.2, -0.15) is 0 Å². The summed E-state index contributed by atoms with van der Waals surface area (Å²) in [5.41, 5.74) is 1.63. The maximum atomic E-state index is 12.1. The number of nitrogens with zero attached hydrogens (tertiary/aromatic N) is 1. The molecule has 0 bridgehead atoms. The molecule has 1 aromatic rings. The summed E-state index contributed by atoms with van der Waals surface area (Å²) in [4.78, 5) is 16.6. The first-order valence-electron chi connectivity index (χ1n) is 7.16. The van der Waals surface area contributed by atoms with E-state index in [4.69, 9.17) is 0 Å². The number of anilines is 1. The standard InChI is InChI=1S/C15H25N3O/c1-5-8-16-14-10-12(9-13(7-3)18-14)15(19)17-11(4)6-2/h9-11H,5-8H2,1-4H3,(H,16,18)(H,17,19). The fraction of sp³-hybridized carbons (Fsp3) is 0.600. The molecule has 1 rings (SSSR count). The quantitative estimate of drug-likeness (QED) is 0.795. The van der Waals surface area contributed by atoms with E-state index < -0.39 is 0 Å². The minimum atomic E-state index is -0.0222. The van der Waals surface area contributed by atoms with Gasteiger partial charge in [0.15, 0.2) is 0 Å². The molecule has 1 atom stereocenters. The molecule has 0 radical (unpaired) electrons. The van der Waals surface area contributed by atoms with E-state index in [2.05, 4.69) is 29.5 Å². The highest BCUT2D eigenvalue weighted by atomic mass is 16.1. The zero-order valence-corrected chi connectivity index (χ0v) is 12.4. The van der Waals surface area contributed by atoms with Crippen LogP contribution in [0.5, 0.6) is 0 Å². The van der Waals surface area contributed by atoms with Gasteiger partial charge < -0.3 is 10.6 Å². The van der Waals surface area contributed by atoms with Gasteiger partial charge in [-0.25, -0.2) is 4.98 Å². The molecule has 0 aliphatic carbocycles. The molecule has 1 heterocycles. The minimum Gasteiger partial charge on any atom is -0.370 e. The molecule has 4 heteroatoms. The second kappa shape index (κ2) is 7.77. The number of amides is 1. The number of hydrogen-bond donors (Lipinski definition) is 2. The van der Waals surface area contributed by atoms with Gasteiger partial charge in [-0.15, -0.1) is 0 Å². The van der Waals surface area contributed by atoms with Gasteiger partial charge in [0.05, 0.1) is 0 Å². The van der Waals surface area contributed by atoms with Crippen LogP contribution in [0.3, 0.4) is 0 Å². The van der Waals surface area contributed by atoms with Crippen molar-refractivity contribution in [3.8, 4) is 0 Å². The predicted molar refractivity (Wildman–Crippen MR) is 79.6 cm³/mol. The molecular weight excluding hydrogens is 238 g/mol. The summed E-state index contributed by atoms with van der Waals surface area (Å²) in [6.07, 6.45) is 2.79. The molecule has 1 aromatic heterocycles. The molecule has 0 aliphatic heterocycles. The van der Waals surface area contributed by atoms with Crippen LogP contribution < -0.4 is 10.6 Å². The fourth-order valence-electron chi connectivity index (χ4n) is 1.65. The lowest BCUT2D eigenvalue weighted by Crippen LogP contribution is -2.32. The lowest BCUT2D eigenvalue weighted by atomic mass is 10.1. The third-order valence-corrected chi connectivity index (χ3v) is 3.05. The van der Waals surface area contributed by atoms with Gasteiger partial charge in [-0.3, -0.25) is 4.79 Å². The zero-order valence-electron chi connectivity index (χ0n) is 12.4. The van der Waals surface area contributed by atoms with Crippen LogP contribution in [-0.2, 0) is 6.42 Å². The van der Waals surface area contributed by atoms with Crippen molar-refractivity contribution < 1.29 is 4.79 Å². The summed E-state index contributed by atoms with van der Waals surface area (Å²) in [6, 6.07) is 3.89. The molecule has 0 saturated carbocycles. The average molecular weight is 263 g/mol. The maximum Gasteiger partial charge on any atom is 0.251 e. The highest BCUT2D eigenvalue weighted by Gasteiger charge is 2.11. The van der Waals surface area contributed by atoms with Gasteiger partial charge in [0.25, 0.3) is 5.91 Å². The Labute approximate surface area is 116 Å². The van der Waals surface area contributed by atoms with Crippen molar-refractivity contribution in [2.24, 2.45) is 0 Å². The summed E-state index contributed by atoms with van der Waals surface area (Å²) >= 11 is 0. The number of nitrogens with one attached hydrogen (secondary N) is 2. The smallest absolute Gasteiger partial charge is 0.251 e. The van der Waals surface area contributed by atoms with Crippen molar-refractivity contribution in [3.05, 3.63) is 23.4 Å². The number of aryl methyl sites for hydroxylation is 1. The highest BCUT2D eigenvalue weighted by Crippen LogP contribution is 2.12. The van der Waals surface area contributed by atoms with Gasteiger partial charge >= 0.3 is 0 Å². The van der Waals surface area contributed by atoms with Crippen molar-refractivity contribution in [1.29, 1.82) is 0 Å². The normalized spacial score (nSPS) is 12.0. The SMILES string of the molecule is CCCNc1cc(C(=O)NC(C)CC)cc(CC)n1. The lowest BCUT2D eigenvalue weighted by molar-refractivity contribution is 0.0939. The Morgan fingerprint density at radius 2 is 2.05 bits per heavy atom. The first kappa shape index (κ1) is 15.5. The topological polar surface area (TPSA) is 54.0 Å². The Kier molecular flexibility index (Phi) is 6.33. The molecule has 4 nitrogen and oxygen atoms in total. The molecule has 0 fully saturated rings. The number of pyridine rings is 1. The molecule has 106 valence electrons. The highest BCUT2D eigenvalue weighted by molar-refractivity contribution is 5.95. The molecule has 1 amide bonds. The monoisotopic (exact) mass is 263 g/mol. The summed E-state index contributed by atoms with van der Waals surface area (Å²) in [5, 5.41) is 6.23. The Balaban J connectivity index is 2.89. The first-order valence-corrected chi connectivity index (χ1v) is 7.16. The largest absolute Gasteiger partial charge is 0.370 e. The summed E-state index contributed by atoms with van der Waals surface area (Å²) < 4.78 is 0. The van der Waals surface area contributed by atoms with Crippen molar-refractivity contribution in [2.45, 2.75) is 53.0 Å². The van der Waals surface area contributed by atoms with Crippen LogP contribution in [0, 0.1) is 0 Å². The van der Waals surface area contributed by atoms with Crippen LogP contribution >= 0.6 is 0 Å². The van der Waals surface area contributed by atoms with Crippen LogP contribution in [0.2, 0.25) is 0 Å². The van der Waals surface area contributed by atoms with Crippen LogP contribution in [0.1, 0.15) is 56.6 Å². The average Bonchev–Trinajstić information content (AvgIpc) is 2.44. The Bertz CT molecular complexity index is 418. The molecular formula is C15H25N3O. The lowest BCUT2D eigenvalue weighted by Gasteiger charge is -2.13. The number of aromatic nitrogens is 1. The third-order valence-electron chi connectivity index (χ3n) is 3.05. The number of rotatable bonds is 7. The third kappa shape index (κ3) is 4.89.